The highest BCUT2D eigenvalue weighted by molar-refractivity contribution is 6.34. The summed E-state index contributed by atoms with van der Waals surface area (Å²) in [5, 5.41) is 0.558. The molecule has 0 aliphatic carbocycles. The van der Waals surface area contributed by atoms with E-state index in [-0.39, 0.29) is 0 Å². The molecule has 0 amide bonds. The lowest BCUT2D eigenvalue weighted by molar-refractivity contribution is 0.768. The number of halogens is 1. The summed E-state index contributed by atoms with van der Waals surface area (Å²) in [5.41, 5.74) is 13.9. The van der Waals surface area contributed by atoms with Crippen molar-refractivity contribution in [1.29, 1.82) is 0 Å². The van der Waals surface area contributed by atoms with Gasteiger partial charge in [0.1, 0.15) is 0 Å². The van der Waals surface area contributed by atoms with Gasteiger partial charge in [-0.1, -0.05) is 24.9 Å². The summed E-state index contributed by atoms with van der Waals surface area (Å²) in [4.78, 5) is 2.06. The predicted molar refractivity (Wildman–Crippen MR) is 68.5 cm³/mol. The van der Waals surface area contributed by atoms with Crippen LogP contribution in [0.5, 0.6) is 0 Å². The van der Waals surface area contributed by atoms with E-state index >= 15 is 0 Å². The highest BCUT2D eigenvalue weighted by atomic mass is 35.5. The van der Waals surface area contributed by atoms with Crippen molar-refractivity contribution in [3.8, 4) is 0 Å². The van der Waals surface area contributed by atoms with Crippen molar-refractivity contribution >= 4 is 28.7 Å². The first kappa shape index (κ1) is 12.0. The summed E-state index contributed by atoms with van der Waals surface area (Å²) in [6.07, 6.45) is 2.26. The van der Waals surface area contributed by atoms with Gasteiger partial charge in [-0.15, -0.1) is 0 Å². The molecule has 0 aliphatic rings. The normalized spacial score (nSPS) is 10.3. The van der Waals surface area contributed by atoms with E-state index in [1.165, 1.54) is 0 Å². The number of rotatable bonds is 4. The highest BCUT2D eigenvalue weighted by Gasteiger charge is 2.11. The summed E-state index contributed by atoms with van der Waals surface area (Å²) < 4.78 is 0. The third kappa shape index (κ3) is 2.69. The summed E-state index contributed by atoms with van der Waals surface area (Å²) in [7, 11) is 1.98. The molecule has 4 heteroatoms. The van der Waals surface area contributed by atoms with E-state index < -0.39 is 0 Å². The third-order valence-corrected chi connectivity index (χ3v) is 2.75. The van der Waals surface area contributed by atoms with Gasteiger partial charge >= 0.3 is 0 Å². The van der Waals surface area contributed by atoms with Crippen LogP contribution in [-0.2, 0) is 0 Å². The number of nitrogen functional groups attached to an aromatic ring is 2. The zero-order valence-corrected chi connectivity index (χ0v) is 10.0. The molecule has 0 atom stereocenters. The van der Waals surface area contributed by atoms with Gasteiger partial charge < -0.3 is 16.4 Å². The minimum atomic E-state index is 0.558. The molecule has 0 saturated carbocycles. The smallest absolute Gasteiger partial charge is 0.0846 e. The van der Waals surface area contributed by atoms with Gasteiger partial charge in [0.05, 0.1) is 22.1 Å². The molecule has 0 fully saturated rings. The molecule has 84 valence electrons. The standard InChI is InChI=1S/C11H18ClN3/c1-3-4-7-15(2)11-9(13)6-5-8(12)10(11)14/h5-6H,3-4,7,13-14H2,1-2H3. The highest BCUT2D eigenvalue weighted by Crippen LogP contribution is 2.35. The fourth-order valence-electron chi connectivity index (χ4n) is 1.53. The quantitative estimate of drug-likeness (QED) is 0.778. The van der Waals surface area contributed by atoms with Crippen molar-refractivity contribution in [3.63, 3.8) is 0 Å². The Kier molecular flexibility index (Phi) is 4.09. The molecule has 0 spiro atoms. The third-order valence-electron chi connectivity index (χ3n) is 2.42. The van der Waals surface area contributed by atoms with Crippen LogP contribution >= 0.6 is 11.6 Å². The van der Waals surface area contributed by atoms with Gasteiger partial charge in [-0.2, -0.15) is 0 Å². The molecule has 1 aromatic carbocycles. The molecule has 0 heterocycles. The SMILES string of the molecule is CCCCN(C)c1c(N)ccc(Cl)c1N. The number of nitrogens with zero attached hydrogens (tertiary/aromatic N) is 1. The van der Waals surface area contributed by atoms with Crippen LogP contribution in [-0.4, -0.2) is 13.6 Å². The van der Waals surface area contributed by atoms with Crippen LogP contribution in [0, 0.1) is 0 Å². The molecule has 1 rings (SSSR count). The molecule has 15 heavy (non-hydrogen) atoms. The second-order valence-electron chi connectivity index (χ2n) is 3.67. The number of nitrogens with two attached hydrogens (primary N) is 2. The Balaban J connectivity index is 2.96. The van der Waals surface area contributed by atoms with Crippen LogP contribution in [0.1, 0.15) is 19.8 Å². The lowest BCUT2D eigenvalue weighted by Crippen LogP contribution is -2.21. The van der Waals surface area contributed by atoms with Crippen LogP contribution in [0.15, 0.2) is 12.1 Å². The Morgan fingerprint density at radius 3 is 2.60 bits per heavy atom. The summed E-state index contributed by atoms with van der Waals surface area (Å²) in [6.45, 7) is 3.09. The Labute approximate surface area is 96.0 Å². The van der Waals surface area contributed by atoms with E-state index in [4.69, 9.17) is 23.1 Å². The van der Waals surface area contributed by atoms with Crippen molar-refractivity contribution in [2.45, 2.75) is 19.8 Å². The van der Waals surface area contributed by atoms with Crippen molar-refractivity contribution < 1.29 is 0 Å². The molecule has 0 bridgehead atoms. The summed E-state index contributed by atoms with van der Waals surface area (Å²) >= 11 is 5.96. The largest absolute Gasteiger partial charge is 0.397 e. The van der Waals surface area contributed by atoms with E-state index in [0.29, 0.717) is 16.4 Å². The van der Waals surface area contributed by atoms with Crippen molar-refractivity contribution in [2.24, 2.45) is 0 Å². The van der Waals surface area contributed by atoms with Gasteiger partial charge in [0.2, 0.25) is 0 Å². The molecule has 0 radical (unpaired) electrons. The number of hydrogen-bond acceptors (Lipinski definition) is 3. The number of anilines is 3. The van der Waals surface area contributed by atoms with Gasteiger partial charge in [-0.3, -0.25) is 0 Å². The molecular formula is C11H18ClN3. The zero-order chi connectivity index (χ0) is 11.4. The number of hydrogen-bond donors (Lipinski definition) is 2. The topological polar surface area (TPSA) is 55.3 Å². The second kappa shape index (κ2) is 5.12. The number of benzene rings is 1. The molecule has 4 N–H and O–H groups in total. The molecule has 0 aliphatic heterocycles. The minimum absolute atomic E-state index is 0.558. The Hall–Kier alpha value is -1.09. The van der Waals surface area contributed by atoms with Crippen LogP contribution < -0.4 is 16.4 Å². The number of unbranched alkanes of at least 4 members (excludes halogenated alkanes) is 1. The molecule has 0 unspecified atom stereocenters. The van der Waals surface area contributed by atoms with Gasteiger partial charge in [-0.25, -0.2) is 0 Å². The predicted octanol–water partition coefficient (Wildman–Crippen LogP) is 2.74. The first-order valence-electron chi connectivity index (χ1n) is 5.12. The molecule has 1 aromatic rings. The monoisotopic (exact) mass is 227 g/mol. The molecule has 0 aromatic heterocycles. The van der Waals surface area contributed by atoms with E-state index in [1.807, 2.05) is 7.05 Å². The van der Waals surface area contributed by atoms with Gasteiger partial charge in [0.25, 0.3) is 0 Å². The van der Waals surface area contributed by atoms with Crippen LogP contribution in [0.25, 0.3) is 0 Å². The molecule has 0 saturated heterocycles. The average Bonchev–Trinajstić information content (AvgIpc) is 2.21. The maximum Gasteiger partial charge on any atom is 0.0846 e. The fraction of sp³-hybridized carbons (Fsp3) is 0.455. The lowest BCUT2D eigenvalue weighted by Gasteiger charge is -2.23. The van der Waals surface area contributed by atoms with Gasteiger partial charge in [-0.05, 0) is 18.6 Å². The maximum absolute atomic E-state index is 5.96. The van der Waals surface area contributed by atoms with Gasteiger partial charge in [0.15, 0.2) is 0 Å². The lowest BCUT2D eigenvalue weighted by atomic mass is 10.2. The van der Waals surface area contributed by atoms with Crippen molar-refractivity contribution in [3.05, 3.63) is 17.2 Å². The van der Waals surface area contributed by atoms with E-state index in [2.05, 4.69) is 11.8 Å². The van der Waals surface area contributed by atoms with Crippen molar-refractivity contribution in [2.75, 3.05) is 30.0 Å². The molecule has 3 nitrogen and oxygen atoms in total. The van der Waals surface area contributed by atoms with Gasteiger partial charge in [0, 0.05) is 13.6 Å². The summed E-state index contributed by atoms with van der Waals surface area (Å²) in [6, 6.07) is 3.51. The van der Waals surface area contributed by atoms with Crippen molar-refractivity contribution in [1.82, 2.24) is 0 Å². The Bertz CT molecular complexity index is 339. The first-order valence-corrected chi connectivity index (χ1v) is 5.50. The van der Waals surface area contributed by atoms with Crippen LogP contribution in [0.3, 0.4) is 0 Å². The first-order chi connectivity index (χ1) is 7.07. The van der Waals surface area contributed by atoms with E-state index in [1.54, 1.807) is 12.1 Å². The average molecular weight is 228 g/mol. The zero-order valence-electron chi connectivity index (χ0n) is 9.26. The Morgan fingerprint density at radius 2 is 2.00 bits per heavy atom. The maximum atomic E-state index is 5.96. The molecular weight excluding hydrogens is 210 g/mol. The van der Waals surface area contributed by atoms with Crippen LogP contribution in [0.2, 0.25) is 5.02 Å². The fourth-order valence-corrected chi connectivity index (χ4v) is 1.69. The minimum Gasteiger partial charge on any atom is -0.397 e. The van der Waals surface area contributed by atoms with E-state index in [0.717, 1.165) is 25.1 Å². The van der Waals surface area contributed by atoms with Crippen LogP contribution in [0.4, 0.5) is 17.1 Å². The Morgan fingerprint density at radius 1 is 1.33 bits per heavy atom. The van der Waals surface area contributed by atoms with E-state index in [9.17, 15) is 0 Å². The summed E-state index contributed by atoms with van der Waals surface area (Å²) in [5.74, 6) is 0. The second-order valence-corrected chi connectivity index (χ2v) is 4.08.